The maximum absolute atomic E-state index is 12.4. The second-order valence-electron chi connectivity index (χ2n) is 6.34. The van der Waals surface area contributed by atoms with Crippen LogP contribution in [0.2, 0.25) is 0 Å². The zero-order valence-corrected chi connectivity index (χ0v) is 17.1. The zero-order chi connectivity index (χ0) is 17.7. The fraction of sp³-hybridized carbons (Fsp3) is 0.588. The fourth-order valence-electron chi connectivity index (χ4n) is 2.96. The molecule has 1 atom stereocenters. The molecule has 2 rings (SSSR count). The fourth-order valence-corrected chi connectivity index (χ4v) is 2.96. The zero-order valence-electron chi connectivity index (χ0n) is 14.8. The van der Waals surface area contributed by atoms with Gasteiger partial charge < -0.3 is 10.6 Å². The molecule has 1 heterocycles. The molecule has 0 bridgehead atoms. The number of halogens is 4. The van der Waals surface area contributed by atoms with Gasteiger partial charge in [-0.2, -0.15) is 13.2 Å². The number of aryl methyl sites for hydroxylation is 2. The number of guanidine groups is 1. The number of nitrogens with one attached hydrogen (secondary N) is 2. The highest BCUT2D eigenvalue weighted by Crippen LogP contribution is 2.20. The molecule has 1 fully saturated rings. The molecule has 1 aromatic rings. The summed E-state index contributed by atoms with van der Waals surface area (Å²) in [5, 5.41) is 6.45. The van der Waals surface area contributed by atoms with Gasteiger partial charge in [-0.1, -0.05) is 23.8 Å². The Balaban J connectivity index is 0.00000312. The third kappa shape index (κ3) is 7.39. The Hall–Kier alpha value is -1.03. The molecule has 1 aliphatic rings. The molecular weight excluding hydrogens is 444 g/mol. The molecule has 4 nitrogen and oxygen atoms in total. The first-order chi connectivity index (χ1) is 11.3. The summed E-state index contributed by atoms with van der Waals surface area (Å²) < 4.78 is 37.3. The van der Waals surface area contributed by atoms with Gasteiger partial charge in [0.15, 0.2) is 5.96 Å². The molecule has 142 valence electrons. The second-order valence-corrected chi connectivity index (χ2v) is 6.34. The summed E-state index contributed by atoms with van der Waals surface area (Å²) in [6.45, 7) is 4.73. The smallest absolute Gasteiger partial charge is 0.352 e. The van der Waals surface area contributed by atoms with Crippen LogP contribution in [0.5, 0.6) is 0 Å². The van der Waals surface area contributed by atoms with Crippen LogP contribution in [0.15, 0.2) is 23.2 Å². The summed E-state index contributed by atoms with van der Waals surface area (Å²) in [6.07, 6.45) is -3.46. The van der Waals surface area contributed by atoms with Gasteiger partial charge in [-0.3, -0.25) is 9.89 Å². The van der Waals surface area contributed by atoms with Crippen molar-refractivity contribution in [1.29, 1.82) is 0 Å². The predicted octanol–water partition coefficient (Wildman–Crippen LogP) is 3.22. The van der Waals surface area contributed by atoms with E-state index in [2.05, 4.69) is 47.7 Å². The summed E-state index contributed by atoms with van der Waals surface area (Å²) in [5.74, 6) is 0.619. The third-order valence-electron chi connectivity index (χ3n) is 4.18. The quantitative estimate of drug-likeness (QED) is 0.404. The van der Waals surface area contributed by atoms with Crippen molar-refractivity contribution in [2.45, 2.75) is 39.0 Å². The van der Waals surface area contributed by atoms with E-state index in [9.17, 15) is 13.2 Å². The number of hydrogen-bond donors (Lipinski definition) is 2. The Morgan fingerprint density at radius 1 is 1.32 bits per heavy atom. The van der Waals surface area contributed by atoms with Crippen molar-refractivity contribution in [3.8, 4) is 0 Å². The van der Waals surface area contributed by atoms with Crippen LogP contribution in [-0.4, -0.2) is 49.8 Å². The van der Waals surface area contributed by atoms with E-state index in [0.717, 1.165) is 0 Å². The predicted molar refractivity (Wildman–Crippen MR) is 106 cm³/mol. The first kappa shape index (κ1) is 22.0. The van der Waals surface area contributed by atoms with Crippen LogP contribution in [0.1, 0.15) is 23.1 Å². The Morgan fingerprint density at radius 2 is 2.04 bits per heavy atom. The Morgan fingerprint density at radius 3 is 2.64 bits per heavy atom. The van der Waals surface area contributed by atoms with Crippen molar-refractivity contribution >= 4 is 29.9 Å². The van der Waals surface area contributed by atoms with Crippen LogP contribution in [-0.2, 0) is 6.54 Å². The van der Waals surface area contributed by atoms with Gasteiger partial charge in [0.25, 0.3) is 0 Å². The van der Waals surface area contributed by atoms with E-state index in [0.29, 0.717) is 32.0 Å². The first-order valence-corrected chi connectivity index (χ1v) is 8.09. The van der Waals surface area contributed by atoms with Gasteiger partial charge in [-0.25, -0.2) is 0 Å². The SMILES string of the molecule is CN=C(NCc1ccc(C)cc1C)NC1CCN(CC(F)(F)F)C1.I. The standard InChI is InChI=1S/C17H25F3N4.HI/c1-12-4-5-14(13(2)8-12)9-22-16(21-3)23-15-6-7-24(10-15)11-17(18,19)20;/h4-5,8,15H,6-7,9-11H2,1-3H3,(H2,21,22,23);1H. The van der Waals surface area contributed by atoms with Gasteiger partial charge in [0, 0.05) is 32.7 Å². The molecule has 0 amide bonds. The Labute approximate surface area is 164 Å². The summed E-state index contributed by atoms with van der Waals surface area (Å²) >= 11 is 0. The molecule has 0 radical (unpaired) electrons. The molecule has 0 aliphatic carbocycles. The molecule has 25 heavy (non-hydrogen) atoms. The highest BCUT2D eigenvalue weighted by molar-refractivity contribution is 14.0. The van der Waals surface area contributed by atoms with E-state index >= 15 is 0 Å². The van der Waals surface area contributed by atoms with Crippen molar-refractivity contribution in [2.24, 2.45) is 4.99 Å². The van der Waals surface area contributed by atoms with E-state index in [-0.39, 0.29) is 30.0 Å². The van der Waals surface area contributed by atoms with Crippen LogP contribution in [0, 0.1) is 13.8 Å². The van der Waals surface area contributed by atoms with E-state index in [1.165, 1.54) is 21.6 Å². The molecular formula is C17H26F3IN4. The lowest BCUT2D eigenvalue weighted by Gasteiger charge is -2.20. The van der Waals surface area contributed by atoms with E-state index in [1.807, 2.05) is 0 Å². The number of benzene rings is 1. The highest BCUT2D eigenvalue weighted by atomic mass is 127. The van der Waals surface area contributed by atoms with Crippen molar-refractivity contribution in [1.82, 2.24) is 15.5 Å². The molecule has 1 saturated heterocycles. The van der Waals surface area contributed by atoms with Crippen LogP contribution < -0.4 is 10.6 Å². The lowest BCUT2D eigenvalue weighted by Crippen LogP contribution is -2.45. The van der Waals surface area contributed by atoms with E-state index in [1.54, 1.807) is 7.05 Å². The normalized spacial score (nSPS) is 18.8. The van der Waals surface area contributed by atoms with Crippen LogP contribution in [0.3, 0.4) is 0 Å². The number of nitrogens with zero attached hydrogens (tertiary/aromatic N) is 2. The largest absolute Gasteiger partial charge is 0.401 e. The molecule has 1 aliphatic heterocycles. The second kappa shape index (κ2) is 9.61. The molecule has 0 aromatic heterocycles. The maximum Gasteiger partial charge on any atom is 0.401 e. The van der Waals surface area contributed by atoms with Crippen molar-refractivity contribution < 1.29 is 13.2 Å². The van der Waals surface area contributed by atoms with E-state index < -0.39 is 12.7 Å². The van der Waals surface area contributed by atoms with Crippen LogP contribution in [0.4, 0.5) is 13.2 Å². The van der Waals surface area contributed by atoms with Crippen molar-refractivity contribution in [3.05, 3.63) is 34.9 Å². The number of alkyl halides is 3. The highest BCUT2D eigenvalue weighted by Gasteiger charge is 2.34. The van der Waals surface area contributed by atoms with Gasteiger partial charge in [-0.05, 0) is 31.4 Å². The van der Waals surface area contributed by atoms with Gasteiger partial charge in [0.05, 0.1) is 6.54 Å². The van der Waals surface area contributed by atoms with Gasteiger partial charge in [0.2, 0.25) is 0 Å². The summed E-state index contributed by atoms with van der Waals surface area (Å²) in [6, 6.07) is 6.24. The van der Waals surface area contributed by atoms with E-state index in [4.69, 9.17) is 0 Å². The summed E-state index contributed by atoms with van der Waals surface area (Å²) in [7, 11) is 1.67. The van der Waals surface area contributed by atoms with Gasteiger partial charge in [-0.15, -0.1) is 24.0 Å². The molecule has 1 unspecified atom stereocenters. The Bertz CT molecular complexity index is 590. The van der Waals surface area contributed by atoms with Crippen molar-refractivity contribution in [3.63, 3.8) is 0 Å². The van der Waals surface area contributed by atoms with Crippen molar-refractivity contribution in [2.75, 3.05) is 26.7 Å². The molecule has 1 aromatic carbocycles. The number of aliphatic imine (C=N–C) groups is 1. The lowest BCUT2D eigenvalue weighted by atomic mass is 10.1. The molecule has 2 N–H and O–H groups in total. The Kier molecular flexibility index (Phi) is 8.46. The average Bonchev–Trinajstić information content (AvgIpc) is 2.89. The molecule has 8 heteroatoms. The topological polar surface area (TPSA) is 39.7 Å². The summed E-state index contributed by atoms with van der Waals surface area (Å²) in [5.41, 5.74) is 3.60. The number of likely N-dealkylation sites (tertiary alicyclic amines) is 1. The number of hydrogen-bond acceptors (Lipinski definition) is 2. The van der Waals surface area contributed by atoms with Gasteiger partial charge in [0.1, 0.15) is 0 Å². The number of rotatable bonds is 4. The average molecular weight is 470 g/mol. The molecule has 0 spiro atoms. The maximum atomic E-state index is 12.4. The lowest BCUT2D eigenvalue weighted by molar-refractivity contribution is -0.143. The van der Waals surface area contributed by atoms with Crippen LogP contribution in [0.25, 0.3) is 0 Å². The summed E-state index contributed by atoms with van der Waals surface area (Å²) in [4.78, 5) is 5.59. The first-order valence-electron chi connectivity index (χ1n) is 8.09. The monoisotopic (exact) mass is 470 g/mol. The van der Waals surface area contributed by atoms with Gasteiger partial charge >= 0.3 is 6.18 Å². The third-order valence-corrected chi connectivity index (χ3v) is 4.18. The minimum atomic E-state index is -4.14. The molecule has 0 saturated carbocycles. The minimum Gasteiger partial charge on any atom is -0.352 e. The van der Waals surface area contributed by atoms with Crippen LogP contribution >= 0.6 is 24.0 Å². The minimum absolute atomic E-state index is 0.